The Morgan fingerprint density at radius 1 is 0.622 bits per heavy atom. The van der Waals surface area contributed by atoms with E-state index in [-0.39, 0.29) is 28.0 Å². The molecule has 3 heterocycles. The van der Waals surface area contributed by atoms with Crippen molar-refractivity contribution in [3.63, 3.8) is 0 Å². The van der Waals surface area contributed by atoms with Crippen LogP contribution < -0.4 is 9.80 Å². The minimum absolute atomic E-state index is 0.0462. The number of benzene rings is 4. The molecule has 0 unspecified atom stereocenters. The maximum atomic E-state index is 4.93. The number of halogens is 2. The van der Waals surface area contributed by atoms with Gasteiger partial charge in [0.15, 0.2) is 0 Å². The van der Waals surface area contributed by atoms with Crippen molar-refractivity contribution in [1.82, 2.24) is 19.6 Å². The van der Waals surface area contributed by atoms with Crippen LogP contribution in [0.2, 0.25) is 0 Å². The summed E-state index contributed by atoms with van der Waals surface area (Å²) >= 11 is -0.106. The molecule has 2 aromatic heterocycles. The van der Waals surface area contributed by atoms with Gasteiger partial charge in [-0.3, -0.25) is 0 Å². The number of hydrogen-bond donors (Lipinski definition) is 0. The number of rotatable bonds is 7. The van der Waals surface area contributed by atoms with Crippen LogP contribution in [0, 0.1) is 27.7 Å². The van der Waals surface area contributed by atoms with Gasteiger partial charge >= 0.3 is 35.0 Å². The van der Waals surface area contributed by atoms with E-state index in [0.29, 0.717) is 13.3 Å². The SMILES string of the molecule is Cc1cc(C)n(CN2c3cccc4cccc(c34)N(Cn3nc(C)cc3C)C2C(c2ccccc2)c2ccccc2)n1.[Cl][Pd][Cl]. The Bertz CT molecular complexity index is 1760. The molecule has 9 heteroatoms. The molecule has 45 heavy (non-hydrogen) atoms. The van der Waals surface area contributed by atoms with Gasteiger partial charge in [-0.25, -0.2) is 9.36 Å². The first-order valence-corrected chi connectivity index (χ1v) is 18.9. The molecule has 6 aromatic rings. The molecule has 6 nitrogen and oxygen atoms in total. The van der Waals surface area contributed by atoms with E-state index in [2.05, 4.69) is 156 Å². The molecule has 0 spiro atoms. The maximum absolute atomic E-state index is 4.93. The average Bonchev–Trinajstić information content (AvgIpc) is 3.54. The molecule has 1 aliphatic rings. The van der Waals surface area contributed by atoms with Crippen LogP contribution in [0.4, 0.5) is 11.4 Å². The van der Waals surface area contributed by atoms with E-state index >= 15 is 0 Å². The summed E-state index contributed by atoms with van der Waals surface area (Å²) in [7, 11) is 9.63. The van der Waals surface area contributed by atoms with E-state index in [1.165, 1.54) is 33.3 Å². The Balaban J connectivity index is 0.00000115. The van der Waals surface area contributed by atoms with Gasteiger partial charge < -0.3 is 9.80 Å². The molecule has 7 rings (SSSR count). The minimum atomic E-state index is -0.106. The fourth-order valence-electron chi connectivity index (χ4n) is 6.70. The summed E-state index contributed by atoms with van der Waals surface area (Å²) in [4.78, 5) is 5.12. The molecule has 4 aromatic carbocycles. The average molecular weight is 730 g/mol. The molecule has 0 bridgehead atoms. The third-order valence-electron chi connectivity index (χ3n) is 8.51. The van der Waals surface area contributed by atoms with Crippen LogP contribution in [0.3, 0.4) is 0 Å². The number of aromatic nitrogens is 4. The summed E-state index contributed by atoms with van der Waals surface area (Å²) in [6.45, 7) is 9.68. The van der Waals surface area contributed by atoms with Gasteiger partial charge in [-0.15, -0.1) is 0 Å². The third-order valence-corrected chi connectivity index (χ3v) is 8.51. The topological polar surface area (TPSA) is 42.1 Å². The molecule has 0 aliphatic carbocycles. The first kappa shape index (κ1) is 31.4. The number of nitrogens with zero attached hydrogens (tertiary/aromatic N) is 6. The van der Waals surface area contributed by atoms with Crippen LogP contribution in [0.1, 0.15) is 39.8 Å². The van der Waals surface area contributed by atoms with Crippen molar-refractivity contribution < 1.29 is 15.9 Å². The number of hydrogen-bond acceptors (Lipinski definition) is 4. The number of anilines is 2. The van der Waals surface area contributed by atoms with Gasteiger partial charge in [0.25, 0.3) is 0 Å². The van der Waals surface area contributed by atoms with Crippen molar-refractivity contribution in [2.24, 2.45) is 0 Å². The van der Waals surface area contributed by atoms with Crippen molar-refractivity contribution in [2.75, 3.05) is 9.80 Å². The van der Waals surface area contributed by atoms with Crippen LogP contribution in [0.25, 0.3) is 10.8 Å². The second kappa shape index (κ2) is 13.8. The molecule has 0 fully saturated rings. The fourth-order valence-corrected chi connectivity index (χ4v) is 6.70. The van der Waals surface area contributed by atoms with Gasteiger partial charge in [0.05, 0.1) is 11.4 Å². The first-order chi connectivity index (χ1) is 21.9. The van der Waals surface area contributed by atoms with E-state index in [1.807, 2.05) is 0 Å². The summed E-state index contributed by atoms with van der Waals surface area (Å²) in [5.41, 5.74) is 9.36. The van der Waals surface area contributed by atoms with Crippen molar-refractivity contribution in [1.29, 1.82) is 0 Å². The standard InChI is InChI=1S/C36H36N6.2ClH.Pd/c1-25-21-27(3)41(37-25)23-39-32-19-11-17-31-18-12-20-33(35(31)32)40(24-42-28(4)22-26(2)38-42)36(39)34(29-13-7-5-8-14-29)30-15-9-6-10-16-30;;;/h5-22,34,36H,23-24H2,1-4H3;2*1H;/q;;;+2/p-2. The predicted molar refractivity (Wildman–Crippen MR) is 183 cm³/mol. The Kier molecular flexibility index (Phi) is 9.63. The number of aryl methyl sites for hydroxylation is 4. The van der Waals surface area contributed by atoms with Gasteiger partial charge in [0.2, 0.25) is 0 Å². The van der Waals surface area contributed by atoms with Crippen LogP contribution >= 0.6 is 19.1 Å². The summed E-state index contributed by atoms with van der Waals surface area (Å²) in [6.07, 6.45) is -0.0666. The van der Waals surface area contributed by atoms with Crippen LogP contribution in [0.5, 0.6) is 0 Å². The van der Waals surface area contributed by atoms with Crippen molar-refractivity contribution in [3.05, 3.63) is 143 Å². The Labute approximate surface area is 281 Å². The molecule has 0 saturated carbocycles. The predicted octanol–water partition coefficient (Wildman–Crippen LogP) is 8.94. The van der Waals surface area contributed by atoms with Crippen molar-refractivity contribution in [3.8, 4) is 0 Å². The third kappa shape index (κ3) is 6.41. The summed E-state index contributed by atoms with van der Waals surface area (Å²) in [5, 5.41) is 12.4. The molecule has 0 radical (unpaired) electrons. The molecule has 234 valence electrons. The molecular weight excluding hydrogens is 694 g/mol. The van der Waals surface area contributed by atoms with Gasteiger partial charge in [-0.1, -0.05) is 84.9 Å². The Hall–Kier alpha value is -3.60. The Morgan fingerprint density at radius 3 is 1.42 bits per heavy atom. The van der Waals surface area contributed by atoms with E-state index in [0.717, 1.165) is 22.8 Å². The zero-order valence-corrected chi connectivity index (χ0v) is 28.8. The van der Waals surface area contributed by atoms with E-state index in [4.69, 9.17) is 29.3 Å². The van der Waals surface area contributed by atoms with Crippen LogP contribution in [0.15, 0.2) is 109 Å². The van der Waals surface area contributed by atoms with Crippen LogP contribution in [-0.2, 0) is 29.3 Å². The second-order valence-corrected chi connectivity index (χ2v) is 13.8. The summed E-state index contributed by atoms with van der Waals surface area (Å²) in [6, 6.07) is 39.6. The van der Waals surface area contributed by atoms with Gasteiger partial charge in [-0.05, 0) is 68.5 Å². The zero-order chi connectivity index (χ0) is 31.5. The molecular formula is C36H36Cl2N6Pd. The first-order valence-electron chi connectivity index (χ1n) is 14.9. The summed E-state index contributed by atoms with van der Waals surface area (Å²) < 4.78 is 4.28. The van der Waals surface area contributed by atoms with Gasteiger partial charge in [0, 0.05) is 34.1 Å². The van der Waals surface area contributed by atoms with Crippen molar-refractivity contribution >= 4 is 41.2 Å². The van der Waals surface area contributed by atoms with Gasteiger partial charge in [-0.2, -0.15) is 10.2 Å². The van der Waals surface area contributed by atoms with Gasteiger partial charge in [0.1, 0.15) is 19.5 Å². The monoisotopic (exact) mass is 728 g/mol. The van der Waals surface area contributed by atoms with Crippen molar-refractivity contribution in [2.45, 2.75) is 53.1 Å². The van der Waals surface area contributed by atoms with E-state index < -0.39 is 0 Å². The Morgan fingerprint density at radius 2 is 1.04 bits per heavy atom. The zero-order valence-electron chi connectivity index (χ0n) is 25.7. The molecule has 0 amide bonds. The summed E-state index contributed by atoms with van der Waals surface area (Å²) in [5.74, 6) is 0.0462. The van der Waals surface area contributed by atoms with E-state index in [1.54, 1.807) is 0 Å². The normalized spacial score (nSPS) is 13.0. The molecule has 1 aliphatic heterocycles. The molecule has 0 N–H and O–H groups in total. The van der Waals surface area contributed by atoms with E-state index in [9.17, 15) is 0 Å². The quantitative estimate of drug-likeness (QED) is 0.154. The fraction of sp³-hybridized carbons (Fsp3) is 0.222. The molecule has 0 atom stereocenters. The van der Waals surface area contributed by atoms with Crippen LogP contribution in [-0.4, -0.2) is 25.7 Å². The second-order valence-electron chi connectivity index (χ2n) is 11.5. The molecule has 0 saturated heterocycles.